The average Bonchev–Trinajstić information content (AvgIpc) is 2.86. The van der Waals surface area contributed by atoms with Crippen LogP contribution >= 0.6 is 0 Å². The van der Waals surface area contributed by atoms with Gasteiger partial charge < -0.3 is 20.3 Å². The number of ether oxygens (including phenoxy) is 2. The summed E-state index contributed by atoms with van der Waals surface area (Å²) in [6, 6.07) is 12.6. The summed E-state index contributed by atoms with van der Waals surface area (Å²) in [7, 11) is 0. The Morgan fingerprint density at radius 3 is 2.78 bits per heavy atom. The first kappa shape index (κ1) is 10.9. The highest BCUT2D eigenvalue weighted by Gasteiger charge is 2.22. The summed E-state index contributed by atoms with van der Waals surface area (Å²) in [5.41, 5.74) is 7.77. The van der Waals surface area contributed by atoms with Crippen molar-refractivity contribution in [2.75, 3.05) is 12.5 Å². The monoisotopic (exact) mass is 243 g/mol. The highest BCUT2D eigenvalue weighted by molar-refractivity contribution is 5.52. The van der Waals surface area contributed by atoms with E-state index in [1.807, 2.05) is 30.3 Å². The number of fused-ring (bicyclic) bond motifs is 1. The molecule has 1 unspecified atom stereocenters. The first-order valence-corrected chi connectivity index (χ1v) is 5.68. The van der Waals surface area contributed by atoms with Crippen molar-refractivity contribution in [2.24, 2.45) is 0 Å². The predicted molar refractivity (Wildman–Crippen MR) is 67.5 cm³/mol. The van der Waals surface area contributed by atoms with Crippen LogP contribution in [0, 0.1) is 0 Å². The number of rotatable bonds is 2. The number of nitrogen functional groups attached to an aromatic ring is 1. The third-order valence-corrected chi connectivity index (χ3v) is 2.95. The van der Waals surface area contributed by atoms with Crippen LogP contribution in [-0.4, -0.2) is 11.9 Å². The SMILES string of the molecule is Nc1cccc(C(O)c2cccc3c2OCO3)c1. The fourth-order valence-electron chi connectivity index (χ4n) is 2.08. The Morgan fingerprint density at radius 1 is 1.11 bits per heavy atom. The molecule has 1 heterocycles. The maximum absolute atomic E-state index is 10.4. The highest BCUT2D eigenvalue weighted by atomic mass is 16.7. The second-order valence-electron chi connectivity index (χ2n) is 4.15. The number of aliphatic hydroxyl groups is 1. The van der Waals surface area contributed by atoms with Crippen LogP contribution < -0.4 is 15.2 Å². The van der Waals surface area contributed by atoms with E-state index < -0.39 is 6.10 Å². The average molecular weight is 243 g/mol. The summed E-state index contributed by atoms with van der Waals surface area (Å²) in [5.74, 6) is 1.27. The molecule has 0 amide bonds. The minimum Gasteiger partial charge on any atom is -0.454 e. The van der Waals surface area contributed by atoms with E-state index in [0.717, 1.165) is 5.56 Å². The number of nitrogens with two attached hydrogens (primary N) is 1. The van der Waals surface area contributed by atoms with Crippen LogP contribution in [0.1, 0.15) is 17.2 Å². The van der Waals surface area contributed by atoms with E-state index in [0.29, 0.717) is 22.7 Å². The van der Waals surface area contributed by atoms with Crippen molar-refractivity contribution in [1.29, 1.82) is 0 Å². The van der Waals surface area contributed by atoms with Gasteiger partial charge in [0.2, 0.25) is 6.79 Å². The molecule has 0 bridgehead atoms. The molecule has 0 spiro atoms. The second kappa shape index (κ2) is 4.23. The summed E-state index contributed by atoms with van der Waals surface area (Å²) in [6.45, 7) is 0.190. The van der Waals surface area contributed by atoms with Crippen LogP contribution in [0.15, 0.2) is 42.5 Å². The van der Waals surface area contributed by atoms with Gasteiger partial charge in [0.15, 0.2) is 11.5 Å². The maximum Gasteiger partial charge on any atom is 0.231 e. The van der Waals surface area contributed by atoms with Crippen molar-refractivity contribution in [3.8, 4) is 11.5 Å². The third-order valence-electron chi connectivity index (χ3n) is 2.95. The van der Waals surface area contributed by atoms with Gasteiger partial charge in [-0.25, -0.2) is 0 Å². The number of aliphatic hydroxyl groups excluding tert-OH is 1. The molecule has 4 heteroatoms. The van der Waals surface area contributed by atoms with E-state index in [-0.39, 0.29) is 6.79 Å². The summed E-state index contributed by atoms with van der Waals surface area (Å²) in [5, 5.41) is 10.4. The van der Waals surface area contributed by atoms with E-state index in [1.54, 1.807) is 12.1 Å². The van der Waals surface area contributed by atoms with Crippen LogP contribution in [0.5, 0.6) is 11.5 Å². The Morgan fingerprint density at radius 2 is 1.94 bits per heavy atom. The molecule has 1 aliphatic heterocycles. The molecule has 0 saturated heterocycles. The molecule has 0 aliphatic carbocycles. The van der Waals surface area contributed by atoms with Gasteiger partial charge in [-0.3, -0.25) is 0 Å². The van der Waals surface area contributed by atoms with Crippen LogP contribution in [-0.2, 0) is 0 Å². The molecule has 0 saturated carbocycles. The van der Waals surface area contributed by atoms with Crippen LogP contribution in [0.4, 0.5) is 5.69 Å². The number of para-hydroxylation sites is 1. The zero-order valence-electron chi connectivity index (χ0n) is 9.67. The van der Waals surface area contributed by atoms with E-state index >= 15 is 0 Å². The van der Waals surface area contributed by atoms with Gasteiger partial charge in [-0.05, 0) is 23.8 Å². The molecular weight excluding hydrogens is 230 g/mol. The standard InChI is InChI=1S/C14H13NO3/c15-10-4-1-3-9(7-10)13(16)11-5-2-6-12-14(11)18-8-17-12/h1-7,13,16H,8,15H2. The maximum atomic E-state index is 10.4. The number of anilines is 1. The van der Waals surface area contributed by atoms with Gasteiger partial charge in [0.25, 0.3) is 0 Å². The molecule has 2 aromatic rings. The Bertz CT molecular complexity index is 583. The summed E-state index contributed by atoms with van der Waals surface area (Å²) in [6.07, 6.45) is -0.773. The lowest BCUT2D eigenvalue weighted by molar-refractivity contribution is 0.167. The molecule has 4 nitrogen and oxygen atoms in total. The van der Waals surface area contributed by atoms with Crippen molar-refractivity contribution in [3.05, 3.63) is 53.6 Å². The lowest BCUT2D eigenvalue weighted by Crippen LogP contribution is -2.02. The smallest absolute Gasteiger partial charge is 0.231 e. The summed E-state index contributed by atoms with van der Waals surface area (Å²) < 4.78 is 10.7. The van der Waals surface area contributed by atoms with E-state index in [4.69, 9.17) is 15.2 Å². The van der Waals surface area contributed by atoms with Gasteiger partial charge in [0.05, 0.1) is 0 Å². The van der Waals surface area contributed by atoms with Gasteiger partial charge in [-0.15, -0.1) is 0 Å². The first-order chi connectivity index (χ1) is 8.75. The topological polar surface area (TPSA) is 64.7 Å². The number of hydrogen-bond acceptors (Lipinski definition) is 4. The molecule has 1 aliphatic rings. The molecule has 18 heavy (non-hydrogen) atoms. The van der Waals surface area contributed by atoms with Crippen molar-refractivity contribution in [1.82, 2.24) is 0 Å². The van der Waals surface area contributed by atoms with Gasteiger partial charge in [0, 0.05) is 11.3 Å². The quantitative estimate of drug-likeness (QED) is 0.792. The van der Waals surface area contributed by atoms with E-state index in [1.165, 1.54) is 0 Å². The predicted octanol–water partition coefficient (Wildman–Crippen LogP) is 2.08. The second-order valence-corrected chi connectivity index (χ2v) is 4.15. The summed E-state index contributed by atoms with van der Waals surface area (Å²) in [4.78, 5) is 0. The molecule has 2 aromatic carbocycles. The fraction of sp³-hybridized carbons (Fsp3) is 0.143. The fourth-order valence-corrected chi connectivity index (χ4v) is 2.08. The highest BCUT2D eigenvalue weighted by Crippen LogP contribution is 2.40. The third kappa shape index (κ3) is 1.76. The van der Waals surface area contributed by atoms with Gasteiger partial charge in [0.1, 0.15) is 6.10 Å². The molecule has 1 atom stereocenters. The molecule has 0 aromatic heterocycles. The zero-order valence-corrected chi connectivity index (χ0v) is 9.67. The normalized spacial score (nSPS) is 14.5. The van der Waals surface area contributed by atoms with Gasteiger partial charge in [-0.2, -0.15) is 0 Å². The largest absolute Gasteiger partial charge is 0.454 e. The molecular formula is C14H13NO3. The zero-order chi connectivity index (χ0) is 12.5. The van der Waals surface area contributed by atoms with Gasteiger partial charge in [-0.1, -0.05) is 24.3 Å². The van der Waals surface area contributed by atoms with Crippen molar-refractivity contribution in [3.63, 3.8) is 0 Å². The van der Waals surface area contributed by atoms with Crippen LogP contribution in [0.3, 0.4) is 0 Å². The minimum atomic E-state index is -0.773. The van der Waals surface area contributed by atoms with Crippen molar-refractivity contribution >= 4 is 5.69 Å². The van der Waals surface area contributed by atoms with Gasteiger partial charge >= 0.3 is 0 Å². The van der Waals surface area contributed by atoms with Crippen molar-refractivity contribution < 1.29 is 14.6 Å². The molecule has 92 valence electrons. The lowest BCUT2D eigenvalue weighted by Gasteiger charge is -2.14. The Kier molecular flexibility index (Phi) is 2.57. The Balaban J connectivity index is 2.03. The first-order valence-electron chi connectivity index (χ1n) is 5.68. The number of benzene rings is 2. The van der Waals surface area contributed by atoms with Crippen LogP contribution in [0.2, 0.25) is 0 Å². The molecule has 0 fully saturated rings. The Labute approximate surface area is 105 Å². The molecule has 0 radical (unpaired) electrons. The minimum absolute atomic E-state index is 0.190. The lowest BCUT2D eigenvalue weighted by atomic mass is 10.00. The Hall–Kier alpha value is -2.20. The van der Waals surface area contributed by atoms with Crippen LogP contribution in [0.25, 0.3) is 0 Å². The number of hydrogen-bond donors (Lipinski definition) is 2. The van der Waals surface area contributed by atoms with E-state index in [9.17, 15) is 5.11 Å². The molecule has 3 N–H and O–H groups in total. The summed E-state index contributed by atoms with van der Waals surface area (Å²) >= 11 is 0. The molecule has 3 rings (SSSR count). The van der Waals surface area contributed by atoms with E-state index in [2.05, 4.69) is 0 Å². The van der Waals surface area contributed by atoms with Crippen molar-refractivity contribution in [2.45, 2.75) is 6.10 Å².